The van der Waals surface area contributed by atoms with Gasteiger partial charge in [-0.2, -0.15) is 0 Å². The van der Waals surface area contributed by atoms with Crippen molar-refractivity contribution in [2.75, 3.05) is 4.90 Å². The summed E-state index contributed by atoms with van der Waals surface area (Å²) in [7, 11) is 0. The third kappa shape index (κ3) is 6.59. The fraction of sp³-hybridized carbons (Fsp3) is 0. The number of rotatable bonds is 8. The van der Waals surface area contributed by atoms with Crippen molar-refractivity contribution in [2.24, 2.45) is 0 Å². The fourth-order valence-electron chi connectivity index (χ4n) is 10.3. The molecule has 0 N–H and O–H groups in total. The normalized spacial score (nSPS) is 11.6. The molecule has 0 bridgehead atoms. The van der Waals surface area contributed by atoms with Gasteiger partial charge in [0.25, 0.3) is 0 Å². The van der Waals surface area contributed by atoms with Crippen LogP contribution >= 0.6 is 0 Å². The van der Waals surface area contributed by atoms with E-state index in [0.29, 0.717) is 0 Å². The molecule has 0 radical (unpaired) electrons. The molecule has 11 aromatic carbocycles. The summed E-state index contributed by atoms with van der Waals surface area (Å²) in [5.74, 6) is 0. The maximum Gasteiger partial charge on any atom is 0.0541 e. The highest BCUT2D eigenvalue weighted by Crippen LogP contribution is 2.40. The molecule has 13 rings (SSSR count). The average Bonchev–Trinajstić information content (AvgIpc) is 3.92. The van der Waals surface area contributed by atoms with Crippen molar-refractivity contribution >= 4 is 71.4 Å². The van der Waals surface area contributed by atoms with Gasteiger partial charge in [-0.05, 0) is 141 Å². The van der Waals surface area contributed by atoms with Crippen molar-refractivity contribution < 1.29 is 0 Å². The lowest BCUT2D eigenvalue weighted by Crippen LogP contribution is -2.10. The molecule has 0 aliphatic heterocycles. The Hall–Kier alpha value is -8.92. The van der Waals surface area contributed by atoms with Crippen LogP contribution in [0.15, 0.2) is 261 Å². The molecule has 0 aliphatic rings. The number of para-hydroxylation sites is 4. The largest absolute Gasteiger partial charge is 0.311 e. The van der Waals surface area contributed by atoms with Gasteiger partial charge < -0.3 is 14.0 Å². The van der Waals surface area contributed by atoms with E-state index in [0.717, 1.165) is 22.7 Å². The van der Waals surface area contributed by atoms with Crippen LogP contribution in [0.5, 0.6) is 0 Å². The van der Waals surface area contributed by atoms with E-state index in [4.69, 9.17) is 0 Å². The maximum absolute atomic E-state index is 2.40. The molecule has 314 valence electrons. The second kappa shape index (κ2) is 16.0. The summed E-state index contributed by atoms with van der Waals surface area (Å²) in [6, 6.07) is 94.8. The Morgan fingerprint density at radius 1 is 0.239 bits per heavy atom. The zero-order chi connectivity index (χ0) is 44.3. The molecule has 3 nitrogen and oxygen atoms in total. The first-order chi connectivity index (χ1) is 33.2. The molecule has 13 aromatic rings. The lowest BCUT2D eigenvalue weighted by atomic mass is 9.96. The highest BCUT2D eigenvalue weighted by atomic mass is 15.1. The molecule has 0 saturated carbocycles. The van der Waals surface area contributed by atoms with Crippen molar-refractivity contribution in [1.29, 1.82) is 0 Å². The Morgan fingerprint density at radius 2 is 0.642 bits per heavy atom. The molecule has 2 aromatic heterocycles. The van der Waals surface area contributed by atoms with Crippen molar-refractivity contribution in [3.8, 4) is 44.8 Å². The average molecular weight is 854 g/mol. The Morgan fingerprint density at radius 3 is 1.24 bits per heavy atom. The molecule has 3 heteroatoms. The minimum Gasteiger partial charge on any atom is -0.311 e. The van der Waals surface area contributed by atoms with Crippen LogP contribution in [0.2, 0.25) is 0 Å². The van der Waals surface area contributed by atoms with Crippen LogP contribution < -0.4 is 4.90 Å². The molecular formula is C64H43N3. The first-order valence-corrected chi connectivity index (χ1v) is 23.0. The highest BCUT2D eigenvalue weighted by molar-refractivity contribution is 6.12. The molecule has 0 unspecified atom stereocenters. The van der Waals surface area contributed by atoms with E-state index < -0.39 is 0 Å². The lowest BCUT2D eigenvalue weighted by molar-refractivity contribution is 1.17. The molecule has 0 fully saturated rings. The Kier molecular flexibility index (Phi) is 9.17. The SMILES string of the molecule is c1ccc(N(c2ccc(-c3ccc4c(c3)c3ccccc3n4-c3ccccc3)cc2)c2ccc(-n3c4ccccc4c4cc(-c5ccc(-c6cccc7ccccc67)cc5)ccc43)cc2)cc1. The molecule has 0 aliphatic carbocycles. The third-order valence-corrected chi connectivity index (χ3v) is 13.5. The van der Waals surface area contributed by atoms with E-state index in [9.17, 15) is 0 Å². The van der Waals surface area contributed by atoms with E-state index in [-0.39, 0.29) is 0 Å². The molecule has 0 spiro atoms. The van der Waals surface area contributed by atoms with Gasteiger partial charge in [-0.3, -0.25) is 0 Å². The van der Waals surface area contributed by atoms with Gasteiger partial charge in [0, 0.05) is 50.0 Å². The quantitative estimate of drug-likeness (QED) is 0.148. The van der Waals surface area contributed by atoms with Crippen molar-refractivity contribution in [1.82, 2.24) is 9.13 Å². The third-order valence-electron chi connectivity index (χ3n) is 13.5. The molecule has 0 saturated heterocycles. The molecule has 2 heterocycles. The highest BCUT2D eigenvalue weighted by Gasteiger charge is 2.18. The van der Waals surface area contributed by atoms with Gasteiger partial charge in [0.2, 0.25) is 0 Å². The number of fused-ring (bicyclic) bond motifs is 7. The van der Waals surface area contributed by atoms with Crippen molar-refractivity contribution in [3.63, 3.8) is 0 Å². The van der Waals surface area contributed by atoms with Crippen molar-refractivity contribution in [2.45, 2.75) is 0 Å². The summed E-state index contributed by atoms with van der Waals surface area (Å²) < 4.78 is 4.77. The standard InChI is InChI=1S/C64H43N3/c1-3-16-50(17-4-1)65(52-34-30-45(31-35-52)49-33-40-63-59(43-49)57-21-9-11-24-61(57)66(63)51-18-5-2-6-19-51)53-36-38-54(39-37-53)67-62-25-12-10-22-58(62)60-42-48(32-41-64(60)67)44-26-28-47(29-27-44)56-23-13-15-46-14-7-8-20-55(46)56/h1-43H. The second-order valence-electron chi connectivity index (χ2n) is 17.3. The summed E-state index contributed by atoms with van der Waals surface area (Å²) in [5.41, 5.74) is 17.6. The van der Waals surface area contributed by atoms with Gasteiger partial charge in [-0.25, -0.2) is 0 Å². The van der Waals surface area contributed by atoms with Crippen LogP contribution in [0.3, 0.4) is 0 Å². The first kappa shape index (κ1) is 38.5. The van der Waals surface area contributed by atoms with E-state index >= 15 is 0 Å². The van der Waals surface area contributed by atoms with Gasteiger partial charge in [0.1, 0.15) is 0 Å². The Labute approximate surface area is 389 Å². The molecular weight excluding hydrogens is 811 g/mol. The van der Waals surface area contributed by atoms with Gasteiger partial charge in [-0.15, -0.1) is 0 Å². The fourth-order valence-corrected chi connectivity index (χ4v) is 10.3. The van der Waals surface area contributed by atoms with Gasteiger partial charge in [0.05, 0.1) is 22.1 Å². The minimum absolute atomic E-state index is 1.09. The van der Waals surface area contributed by atoms with E-state index in [1.807, 2.05) is 0 Å². The summed E-state index contributed by atoms with van der Waals surface area (Å²) >= 11 is 0. The van der Waals surface area contributed by atoms with E-state index in [2.05, 4.69) is 275 Å². The van der Waals surface area contributed by atoms with Gasteiger partial charge in [-0.1, -0.05) is 164 Å². The maximum atomic E-state index is 2.40. The minimum atomic E-state index is 1.09. The summed E-state index contributed by atoms with van der Waals surface area (Å²) in [6.07, 6.45) is 0. The topological polar surface area (TPSA) is 13.1 Å². The smallest absolute Gasteiger partial charge is 0.0541 e. The van der Waals surface area contributed by atoms with Gasteiger partial charge in [0.15, 0.2) is 0 Å². The zero-order valence-electron chi connectivity index (χ0n) is 36.7. The van der Waals surface area contributed by atoms with Crippen LogP contribution in [0.25, 0.3) is 99.1 Å². The number of aromatic nitrogens is 2. The van der Waals surface area contributed by atoms with Crippen LogP contribution in [0.1, 0.15) is 0 Å². The van der Waals surface area contributed by atoms with E-state index in [1.165, 1.54) is 93.5 Å². The summed E-state index contributed by atoms with van der Waals surface area (Å²) in [6.45, 7) is 0. The number of hydrogen-bond acceptors (Lipinski definition) is 1. The first-order valence-electron chi connectivity index (χ1n) is 23.0. The lowest BCUT2D eigenvalue weighted by Gasteiger charge is -2.26. The monoisotopic (exact) mass is 853 g/mol. The molecule has 0 amide bonds. The van der Waals surface area contributed by atoms with Crippen molar-refractivity contribution in [3.05, 3.63) is 261 Å². The second-order valence-corrected chi connectivity index (χ2v) is 17.3. The predicted octanol–water partition coefficient (Wildman–Crippen LogP) is 17.5. The number of anilines is 3. The number of hydrogen-bond donors (Lipinski definition) is 0. The van der Waals surface area contributed by atoms with E-state index in [1.54, 1.807) is 0 Å². The number of nitrogens with zero attached hydrogens (tertiary/aromatic N) is 3. The molecule has 0 atom stereocenters. The van der Waals surface area contributed by atoms with Gasteiger partial charge >= 0.3 is 0 Å². The predicted molar refractivity (Wildman–Crippen MR) is 284 cm³/mol. The molecule has 67 heavy (non-hydrogen) atoms. The van der Waals surface area contributed by atoms with Crippen LogP contribution in [0, 0.1) is 0 Å². The summed E-state index contributed by atoms with van der Waals surface area (Å²) in [4.78, 5) is 2.34. The van der Waals surface area contributed by atoms with Crippen LogP contribution in [-0.2, 0) is 0 Å². The van der Waals surface area contributed by atoms with Crippen LogP contribution in [0.4, 0.5) is 17.1 Å². The Balaban J connectivity index is 0.833. The zero-order valence-corrected chi connectivity index (χ0v) is 36.7. The number of benzene rings is 11. The van der Waals surface area contributed by atoms with Crippen LogP contribution in [-0.4, -0.2) is 9.13 Å². The summed E-state index contributed by atoms with van der Waals surface area (Å²) in [5, 5.41) is 7.51. The Bertz CT molecular complexity index is 3930.